The van der Waals surface area contributed by atoms with Crippen molar-refractivity contribution in [1.29, 1.82) is 0 Å². The minimum absolute atomic E-state index is 0.113. The number of carbonyl (C=O) groups is 2. The van der Waals surface area contributed by atoms with Crippen LogP contribution in [0.15, 0.2) is 18.2 Å². The van der Waals surface area contributed by atoms with E-state index in [0.717, 1.165) is 31.5 Å². The highest BCUT2D eigenvalue weighted by Gasteiger charge is 2.17. The standard InChI is InChI=1S/C15H18Cl2N2O2/c16-12-4-3-11(9-13(12)17)10-14(20)18-6-5-15(21)19-7-1-2-8-19/h3-4,9H,1-2,5-8,10H2,(H,18,20). The molecule has 1 aliphatic rings. The highest BCUT2D eigenvalue weighted by Crippen LogP contribution is 2.22. The molecule has 1 aromatic rings. The van der Waals surface area contributed by atoms with E-state index in [-0.39, 0.29) is 18.2 Å². The molecule has 0 unspecified atom stereocenters. The van der Waals surface area contributed by atoms with Gasteiger partial charge in [-0.15, -0.1) is 0 Å². The second-order valence-electron chi connectivity index (χ2n) is 5.11. The van der Waals surface area contributed by atoms with Crippen molar-refractivity contribution in [2.75, 3.05) is 19.6 Å². The SMILES string of the molecule is O=C(Cc1ccc(Cl)c(Cl)c1)NCCC(=O)N1CCCC1. The maximum absolute atomic E-state index is 11.8. The second kappa shape index (κ2) is 7.66. The Bertz CT molecular complexity index is 528. The van der Waals surface area contributed by atoms with E-state index in [9.17, 15) is 9.59 Å². The maximum atomic E-state index is 11.8. The number of hydrogen-bond acceptors (Lipinski definition) is 2. The summed E-state index contributed by atoms with van der Waals surface area (Å²) in [6.45, 7) is 2.06. The minimum atomic E-state index is -0.123. The molecule has 0 radical (unpaired) electrons. The van der Waals surface area contributed by atoms with E-state index in [1.807, 2.05) is 4.90 Å². The van der Waals surface area contributed by atoms with Gasteiger partial charge in [0.2, 0.25) is 11.8 Å². The number of benzene rings is 1. The van der Waals surface area contributed by atoms with Crippen molar-refractivity contribution < 1.29 is 9.59 Å². The fraction of sp³-hybridized carbons (Fsp3) is 0.467. The molecule has 4 nitrogen and oxygen atoms in total. The Labute approximate surface area is 134 Å². The summed E-state index contributed by atoms with van der Waals surface area (Å²) in [7, 11) is 0. The van der Waals surface area contributed by atoms with Gasteiger partial charge in [0.1, 0.15) is 0 Å². The van der Waals surface area contributed by atoms with E-state index < -0.39 is 0 Å². The molecule has 1 fully saturated rings. The highest BCUT2D eigenvalue weighted by atomic mass is 35.5. The van der Waals surface area contributed by atoms with Crippen LogP contribution in [0.4, 0.5) is 0 Å². The van der Waals surface area contributed by atoms with Crippen molar-refractivity contribution in [1.82, 2.24) is 10.2 Å². The minimum Gasteiger partial charge on any atom is -0.355 e. The molecule has 1 heterocycles. The van der Waals surface area contributed by atoms with E-state index in [1.54, 1.807) is 18.2 Å². The molecule has 0 spiro atoms. The van der Waals surface area contributed by atoms with E-state index >= 15 is 0 Å². The summed E-state index contributed by atoms with van der Waals surface area (Å²) in [6.07, 6.45) is 2.74. The quantitative estimate of drug-likeness (QED) is 0.903. The molecule has 1 aromatic carbocycles. The van der Waals surface area contributed by atoms with Crippen molar-refractivity contribution in [2.24, 2.45) is 0 Å². The van der Waals surface area contributed by atoms with Crippen LogP contribution in [0.2, 0.25) is 10.0 Å². The fourth-order valence-electron chi connectivity index (χ4n) is 2.33. The number of rotatable bonds is 5. The van der Waals surface area contributed by atoms with Gasteiger partial charge in [-0.05, 0) is 30.5 Å². The second-order valence-corrected chi connectivity index (χ2v) is 5.93. The van der Waals surface area contributed by atoms with Gasteiger partial charge >= 0.3 is 0 Å². The fourth-order valence-corrected chi connectivity index (χ4v) is 2.65. The number of hydrogen-bond donors (Lipinski definition) is 1. The number of amides is 2. The van der Waals surface area contributed by atoms with Crippen LogP contribution in [-0.2, 0) is 16.0 Å². The molecule has 114 valence electrons. The van der Waals surface area contributed by atoms with Crippen molar-refractivity contribution in [2.45, 2.75) is 25.7 Å². The van der Waals surface area contributed by atoms with Crippen LogP contribution in [0.25, 0.3) is 0 Å². The number of nitrogens with one attached hydrogen (secondary N) is 1. The zero-order valence-electron chi connectivity index (χ0n) is 11.7. The van der Waals surface area contributed by atoms with Gasteiger partial charge in [0.05, 0.1) is 16.5 Å². The van der Waals surface area contributed by atoms with Crippen LogP contribution in [0.3, 0.4) is 0 Å². The first-order valence-electron chi connectivity index (χ1n) is 7.04. The van der Waals surface area contributed by atoms with Crippen LogP contribution in [-0.4, -0.2) is 36.3 Å². The molecule has 0 aromatic heterocycles. The molecule has 0 aliphatic carbocycles. The number of likely N-dealkylation sites (tertiary alicyclic amines) is 1. The zero-order chi connectivity index (χ0) is 15.2. The van der Waals surface area contributed by atoms with Crippen LogP contribution < -0.4 is 5.32 Å². The van der Waals surface area contributed by atoms with Crippen LogP contribution in [0.1, 0.15) is 24.8 Å². The number of carbonyl (C=O) groups excluding carboxylic acids is 2. The summed E-state index contributed by atoms with van der Waals surface area (Å²) >= 11 is 11.7. The molecule has 0 atom stereocenters. The normalized spacial score (nSPS) is 14.3. The van der Waals surface area contributed by atoms with Crippen molar-refractivity contribution in [3.63, 3.8) is 0 Å². The lowest BCUT2D eigenvalue weighted by atomic mass is 10.1. The lowest BCUT2D eigenvalue weighted by Gasteiger charge is -2.15. The Hall–Kier alpha value is -1.26. The van der Waals surface area contributed by atoms with Crippen molar-refractivity contribution >= 4 is 35.0 Å². The van der Waals surface area contributed by atoms with Gasteiger partial charge in [-0.3, -0.25) is 9.59 Å². The van der Waals surface area contributed by atoms with E-state index in [0.29, 0.717) is 23.0 Å². The molecule has 2 rings (SSSR count). The van der Waals surface area contributed by atoms with E-state index in [2.05, 4.69) is 5.32 Å². The van der Waals surface area contributed by atoms with Gasteiger partial charge in [-0.1, -0.05) is 29.3 Å². The molecule has 6 heteroatoms. The Morgan fingerprint density at radius 3 is 2.52 bits per heavy atom. The van der Waals surface area contributed by atoms with Gasteiger partial charge < -0.3 is 10.2 Å². The van der Waals surface area contributed by atoms with Crippen LogP contribution in [0, 0.1) is 0 Å². The number of nitrogens with zero attached hydrogens (tertiary/aromatic N) is 1. The predicted molar refractivity (Wildman–Crippen MR) is 83.6 cm³/mol. The first-order valence-corrected chi connectivity index (χ1v) is 7.80. The summed E-state index contributed by atoms with van der Waals surface area (Å²) in [5.41, 5.74) is 0.799. The summed E-state index contributed by atoms with van der Waals surface area (Å²) < 4.78 is 0. The number of halogens is 2. The Kier molecular flexibility index (Phi) is 5.88. The summed E-state index contributed by atoms with van der Waals surface area (Å²) in [6, 6.07) is 5.12. The van der Waals surface area contributed by atoms with Gasteiger partial charge in [0.15, 0.2) is 0 Å². The summed E-state index contributed by atoms with van der Waals surface area (Å²) in [4.78, 5) is 25.5. The van der Waals surface area contributed by atoms with Crippen molar-refractivity contribution in [3.8, 4) is 0 Å². The van der Waals surface area contributed by atoms with Gasteiger partial charge in [0, 0.05) is 26.1 Å². The molecule has 0 saturated carbocycles. The maximum Gasteiger partial charge on any atom is 0.224 e. The van der Waals surface area contributed by atoms with Gasteiger partial charge in [-0.25, -0.2) is 0 Å². The third kappa shape index (κ3) is 4.90. The largest absolute Gasteiger partial charge is 0.355 e. The predicted octanol–water partition coefficient (Wildman–Crippen LogP) is 2.66. The van der Waals surface area contributed by atoms with Crippen molar-refractivity contribution in [3.05, 3.63) is 33.8 Å². The molecular formula is C15H18Cl2N2O2. The van der Waals surface area contributed by atoms with Gasteiger partial charge in [-0.2, -0.15) is 0 Å². The lowest BCUT2D eigenvalue weighted by molar-refractivity contribution is -0.130. The van der Waals surface area contributed by atoms with Crippen LogP contribution in [0.5, 0.6) is 0 Å². The third-order valence-electron chi connectivity index (χ3n) is 3.47. The molecule has 1 saturated heterocycles. The highest BCUT2D eigenvalue weighted by molar-refractivity contribution is 6.42. The van der Waals surface area contributed by atoms with Gasteiger partial charge in [0.25, 0.3) is 0 Å². The van der Waals surface area contributed by atoms with E-state index in [1.165, 1.54) is 0 Å². The molecular weight excluding hydrogens is 311 g/mol. The average Bonchev–Trinajstić information content (AvgIpc) is 2.97. The Morgan fingerprint density at radius 2 is 1.86 bits per heavy atom. The monoisotopic (exact) mass is 328 g/mol. The molecule has 0 bridgehead atoms. The molecule has 1 aliphatic heterocycles. The molecule has 21 heavy (non-hydrogen) atoms. The first-order chi connectivity index (χ1) is 10.1. The molecule has 2 amide bonds. The topological polar surface area (TPSA) is 49.4 Å². The average molecular weight is 329 g/mol. The zero-order valence-corrected chi connectivity index (χ0v) is 13.2. The smallest absolute Gasteiger partial charge is 0.224 e. The summed E-state index contributed by atoms with van der Waals surface area (Å²) in [5.74, 6) is -0.00931. The first kappa shape index (κ1) is 16.1. The summed E-state index contributed by atoms with van der Waals surface area (Å²) in [5, 5.41) is 3.66. The molecule has 1 N–H and O–H groups in total. The van der Waals surface area contributed by atoms with E-state index in [4.69, 9.17) is 23.2 Å². The van der Waals surface area contributed by atoms with Crippen LogP contribution >= 0.6 is 23.2 Å². The Balaban J connectivity index is 1.71. The lowest BCUT2D eigenvalue weighted by Crippen LogP contribution is -2.33. The Morgan fingerprint density at radius 1 is 1.14 bits per heavy atom. The third-order valence-corrected chi connectivity index (χ3v) is 4.21.